The van der Waals surface area contributed by atoms with E-state index < -0.39 is 11.6 Å². The van der Waals surface area contributed by atoms with Gasteiger partial charge in [-0.1, -0.05) is 6.58 Å². The quantitative estimate of drug-likeness (QED) is 0.256. The number of hydrogen-bond donors (Lipinski definition) is 1. The van der Waals surface area contributed by atoms with Gasteiger partial charge in [-0.25, -0.2) is 23.7 Å². The van der Waals surface area contributed by atoms with Gasteiger partial charge in [0.05, 0.1) is 36.1 Å². The van der Waals surface area contributed by atoms with E-state index in [1.807, 2.05) is 29.1 Å². The zero-order valence-corrected chi connectivity index (χ0v) is 23.7. The molecule has 0 spiro atoms. The van der Waals surface area contributed by atoms with Crippen molar-refractivity contribution in [3.05, 3.63) is 77.8 Å². The van der Waals surface area contributed by atoms with E-state index in [9.17, 15) is 14.3 Å². The number of ether oxygens (including phenoxy) is 1. The molecular formula is C30H26F2N6O3S. The van der Waals surface area contributed by atoms with Gasteiger partial charge in [0.2, 0.25) is 5.91 Å². The second-order valence-electron chi connectivity index (χ2n) is 9.94. The van der Waals surface area contributed by atoms with Crippen LogP contribution in [0.3, 0.4) is 0 Å². The summed E-state index contributed by atoms with van der Waals surface area (Å²) in [7, 11) is 0. The minimum atomic E-state index is -0.841. The fourth-order valence-electron chi connectivity index (χ4n) is 5.24. The summed E-state index contributed by atoms with van der Waals surface area (Å²) in [4.78, 5) is 27.8. The van der Waals surface area contributed by atoms with Crippen molar-refractivity contribution in [2.24, 2.45) is 0 Å². The van der Waals surface area contributed by atoms with Gasteiger partial charge in [-0.05, 0) is 37.4 Å². The Bertz CT molecular complexity index is 1840. The Labute approximate surface area is 243 Å². The van der Waals surface area contributed by atoms with E-state index in [0.717, 1.165) is 23.2 Å². The molecule has 1 aromatic carbocycles. The van der Waals surface area contributed by atoms with E-state index in [-0.39, 0.29) is 36.5 Å². The van der Waals surface area contributed by atoms with Gasteiger partial charge in [0.1, 0.15) is 41.2 Å². The summed E-state index contributed by atoms with van der Waals surface area (Å²) >= 11 is 1.37. The van der Waals surface area contributed by atoms with Gasteiger partial charge in [0, 0.05) is 52.3 Å². The number of aryl methyl sites for hydroxylation is 1. The molecule has 0 aliphatic carbocycles. The maximum absolute atomic E-state index is 15.8. The van der Waals surface area contributed by atoms with E-state index >= 15 is 4.39 Å². The van der Waals surface area contributed by atoms with Crippen LogP contribution in [0.4, 0.5) is 8.78 Å². The molecule has 0 radical (unpaired) electrons. The zero-order valence-electron chi connectivity index (χ0n) is 22.8. The molecule has 1 atom stereocenters. The highest BCUT2D eigenvalue weighted by molar-refractivity contribution is 7.18. The number of aliphatic hydroxyl groups excluding tert-OH is 1. The normalized spacial score (nSPS) is 14.7. The van der Waals surface area contributed by atoms with Crippen LogP contribution in [0.25, 0.3) is 43.9 Å². The number of hydrogen-bond acceptors (Lipinski definition) is 8. The first-order chi connectivity index (χ1) is 20.3. The number of fused-ring (bicyclic) bond motifs is 2. The molecule has 6 rings (SSSR count). The van der Waals surface area contributed by atoms with Crippen LogP contribution in [-0.2, 0) is 11.3 Å². The third kappa shape index (κ3) is 4.82. The van der Waals surface area contributed by atoms with Gasteiger partial charge in [-0.3, -0.25) is 9.48 Å². The summed E-state index contributed by atoms with van der Waals surface area (Å²) in [6.07, 6.45) is 4.64. The molecule has 214 valence electrons. The number of halogens is 2. The van der Waals surface area contributed by atoms with Crippen molar-refractivity contribution in [2.75, 3.05) is 19.8 Å². The Morgan fingerprint density at radius 1 is 1.21 bits per heavy atom. The van der Waals surface area contributed by atoms with Crippen molar-refractivity contribution >= 4 is 27.3 Å². The fraction of sp³-hybridized carbons (Fsp3) is 0.233. The zero-order chi connectivity index (χ0) is 29.5. The fourth-order valence-corrected chi connectivity index (χ4v) is 6.19. The molecule has 1 N–H and O–H groups in total. The van der Waals surface area contributed by atoms with Crippen LogP contribution in [0.1, 0.15) is 24.5 Å². The number of rotatable bonds is 7. The lowest BCUT2D eigenvalue weighted by Crippen LogP contribution is -2.39. The molecule has 1 aliphatic rings. The van der Waals surface area contributed by atoms with Crippen LogP contribution < -0.4 is 4.74 Å². The van der Waals surface area contributed by atoms with Gasteiger partial charge >= 0.3 is 0 Å². The topological polar surface area (TPSA) is 106 Å². The minimum absolute atomic E-state index is 0.00832. The Morgan fingerprint density at radius 2 is 2.00 bits per heavy atom. The number of nitrogens with zero attached hydrogens (tertiary/aromatic N) is 6. The molecular weight excluding hydrogens is 562 g/mol. The van der Waals surface area contributed by atoms with Gasteiger partial charge < -0.3 is 14.7 Å². The molecule has 0 bridgehead atoms. The average molecular weight is 589 g/mol. The summed E-state index contributed by atoms with van der Waals surface area (Å²) < 4.78 is 38.4. The molecule has 0 saturated heterocycles. The minimum Gasteiger partial charge on any atom is -0.490 e. The largest absolute Gasteiger partial charge is 0.490 e. The number of carbonyl (C=O) groups is 1. The van der Waals surface area contributed by atoms with Crippen LogP contribution in [0, 0.1) is 18.6 Å². The van der Waals surface area contributed by atoms with Crippen LogP contribution in [0.5, 0.6) is 5.75 Å². The van der Waals surface area contributed by atoms with Crippen molar-refractivity contribution in [3.63, 3.8) is 0 Å². The summed E-state index contributed by atoms with van der Waals surface area (Å²) in [6, 6.07) is 5.46. The van der Waals surface area contributed by atoms with E-state index in [1.54, 1.807) is 24.2 Å². The van der Waals surface area contributed by atoms with Crippen LogP contribution in [0.15, 0.2) is 54.7 Å². The summed E-state index contributed by atoms with van der Waals surface area (Å²) in [5.74, 6) is -1.30. The first-order valence-corrected chi connectivity index (χ1v) is 14.1. The van der Waals surface area contributed by atoms with Crippen molar-refractivity contribution in [2.45, 2.75) is 26.4 Å². The molecule has 9 nitrogen and oxygen atoms in total. The molecule has 0 saturated carbocycles. The first kappa shape index (κ1) is 27.6. The predicted octanol–water partition coefficient (Wildman–Crippen LogP) is 5.33. The molecule has 0 fully saturated rings. The lowest BCUT2D eigenvalue weighted by molar-refractivity contribution is -0.127. The molecule has 1 aliphatic heterocycles. The number of thiophene rings is 1. The van der Waals surface area contributed by atoms with Crippen LogP contribution in [0.2, 0.25) is 0 Å². The van der Waals surface area contributed by atoms with Crippen LogP contribution >= 0.6 is 11.3 Å². The smallest absolute Gasteiger partial charge is 0.246 e. The number of pyridine rings is 1. The second-order valence-corrected chi connectivity index (χ2v) is 10.9. The van der Waals surface area contributed by atoms with Crippen molar-refractivity contribution < 1.29 is 23.4 Å². The Balaban J connectivity index is 1.65. The van der Waals surface area contributed by atoms with Gasteiger partial charge in [0.25, 0.3) is 0 Å². The Morgan fingerprint density at radius 3 is 2.74 bits per heavy atom. The highest BCUT2D eigenvalue weighted by Gasteiger charge is 2.30. The standard InChI is InChI=1S/C30H26F2N6O3S/c1-4-25(40)37-14-16(2)38-20(15-37)11-23(36-38)29-27(26-22(32)9-19(31)10-24(26)41-7-6-39)30-21(5-8-42-30)28(35-29)18-12-33-17(3)34-13-18/h4-5,8-13,16,39H,1,6-7,14-15H2,2-3H3. The van der Waals surface area contributed by atoms with Crippen molar-refractivity contribution in [3.8, 4) is 39.5 Å². The number of amides is 1. The van der Waals surface area contributed by atoms with Gasteiger partial charge in [0.15, 0.2) is 0 Å². The van der Waals surface area contributed by atoms with Crippen molar-refractivity contribution in [1.82, 2.24) is 29.6 Å². The van der Waals surface area contributed by atoms with Crippen LogP contribution in [-0.4, -0.2) is 60.4 Å². The second kappa shape index (κ2) is 11.0. The SMILES string of the molecule is C=CC(=O)N1Cc2cc(-c3nc(-c4cnc(C)nc4)c4ccsc4c3-c3c(F)cc(F)cc3OCCO)nn2C(C)C1. The van der Waals surface area contributed by atoms with E-state index in [4.69, 9.17) is 14.8 Å². The summed E-state index contributed by atoms with van der Waals surface area (Å²) in [5.41, 5.74) is 3.19. The Hall–Kier alpha value is -4.55. The van der Waals surface area contributed by atoms with E-state index in [0.29, 0.717) is 51.8 Å². The third-order valence-corrected chi connectivity index (χ3v) is 8.01. The molecule has 42 heavy (non-hydrogen) atoms. The first-order valence-electron chi connectivity index (χ1n) is 13.2. The number of aromatic nitrogens is 5. The molecule has 1 unspecified atom stereocenters. The van der Waals surface area contributed by atoms with Gasteiger partial charge in [-0.15, -0.1) is 11.3 Å². The third-order valence-electron chi connectivity index (χ3n) is 7.08. The lowest BCUT2D eigenvalue weighted by atomic mass is 9.97. The number of benzene rings is 1. The van der Waals surface area contributed by atoms with Crippen molar-refractivity contribution in [1.29, 1.82) is 0 Å². The molecule has 4 aromatic heterocycles. The lowest BCUT2D eigenvalue weighted by Gasteiger charge is -2.31. The highest BCUT2D eigenvalue weighted by Crippen LogP contribution is 2.47. The monoisotopic (exact) mass is 588 g/mol. The molecule has 5 heterocycles. The highest BCUT2D eigenvalue weighted by atomic mass is 32.1. The van der Waals surface area contributed by atoms with E-state index in [1.165, 1.54) is 17.4 Å². The average Bonchev–Trinajstić information content (AvgIpc) is 3.64. The Kier molecular flexibility index (Phi) is 7.25. The maximum atomic E-state index is 15.8. The molecule has 5 aromatic rings. The number of carbonyl (C=O) groups excluding carboxylic acids is 1. The molecule has 1 amide bonds. The molecule has 12 heteroatoms. The summed E-state index contributed by atoms with van der Waals surface area (Å²) in [6.45, 7) is 7.61. The predicted molar refractivity (Wildman–Crippen MR) is 155 cm³/mol. The van der Waals surface area contributed by atoms with E-state index in [2.05, 4.69) is 16.5 Å². The summed E-state index contributed by atoms with van der Waals surface area (Å²) in [5, 5.41) is 16.9. The van der Waals surface area contributed by atoms with Gasteiger partial charge in [-0.2, -0.15) is 5.10 Å². The number of aliphatic hydroxyl groups is 1. The maximum Gasteiger partial charge on any atom is 0.246 e.